The van der Waals surface area contributed by atoms with E-state index in [1.54, 1.807) is 6.92 Å². The van der Waals surface area contributed by atoms with Gasteiger partial charge >= 0.3 is 5.97 Å². The molecule has 0 spiro atoms. The van der Waals surface area contributed by atoms with Crippen LogP contribution in [0.3, 0.4) is 0 Å². The number of nitrogen functional groups attached to an aromatic ring is 1. The maximum atomic E-state index is 12.8. The summed E-state index contributed by atoms with van der Waals surface area (Å²) in [4.78, 5) is 11.5. The van der Waals surface area contributed by atoms with Crippen molar-refractivity contribution in [2.24, 2.45) is 0 Å². The number of carbonyl (C=O) groups excluding carboxylic acids is 1. The molecule has 6 heteroatoms. The third kappa shape index (κ3) is 2.17. The first kappa shape index (κ1) is 12.1. The van der Waals surface area contributed by atoms with Gasteiger partial charge < -0.3 is 10.5 Å². The third-order valence-corrected chi connectivity index (χ3v) is 2.40. The fourth-order valence-electron chi connectivity index (χ4n) is 1.54. The van der Waals surface area contributed by atoms with Gasteiger partial charge in [0.1, 0.15) is 11.5 Å². The molecular weight excluding hydrogens is 237 g/mol. The van der Waals surface area contributed by atoms with Crippen LogP contribution in [0.15, 0.2) is 24.3 Å². The van der Waals surface area contributed by atoms with Crippen LogP contribution in [0.5, 0.6) is 0 Å². The van der Waals surface area contributed by atoms with Gasteiger partial charge in [0.25, 0.3) is 0 Å². The Labute approximate surface area is 103 Å². The quantitative estimate of drug-likeness (QED) is 0.815. The van der Waals surface area contributed by atoms with Crippen LogP contribution in [0.25, 0.3) is 11.3 Å². The van der Waals surface area contributed by atoms with E-state index in [9.17, 15) is 9.18 Å². The van der Waals surface area contributed by atoms with Gasteiger partial charge in [0.2, 0.25) is 0 Å². The number of anilines is 1. The summed E-state index contributed by atoms with van der Waals surface area (Å²) in [5, 5.41) is 6.47. The summed E-state index contributed by atoms with van der Waals surface area (Å²) >= 11 is 0. The van der Waals surface area contributed by atoms with E-state index in [-0.39, 0.29) is 23.8 Å². The highest BCUT2D eigenvalue weighted by molar-refractivity contribution is 5.96. The van der Waals surface area contributed by atoms with Crippen LogP contribution in [0, 0.1) is 5.82 Å². The molecule has 1 heterocycles. The molecule has 1 aromatic carbocycles. The minimum absolute atomic E-state index is 0.108. The molecule has 94 valence electrons. The molecule has 0 saturated carbocycles. The molecule has 0 amide bonds. The summed E-state index contributed by atoms with van der Waals surface area (Å²) in [5.74, 6) is -0.908. The lowest BCUT2D eigenvalue weighted by atomic mass is 10.1. The van der Waals surface area contributed by atoms with Gasteiger partial charge in [-0.15, -0.1) is 0 Å². The number of halogens is 1. The van der Waals surface area contributed by atoms with Crippen molar-refractivity contribution in [3.8, 4) is 11.3 Å². The molecule has 5 nitrogen and oxygen atoms in total. The Hall–Kier alpha value is -2.37. The fraction of sp³-hybridized carbons (Fsp3) is 0.167. The number of H-pyrrole nitrogens is 1. The number of carbonyl (C=O) groups is 1. The zero-order valence-corrected chi connectivity index (χ0v) is 9.74. The predicted octanol–water partition coefficient (Wildman–Crippen LogP) is 1.97. The number of esters is 1. The Bertz CT molecular complexity index is 563. The summed E-state index contributed by atoms with van der Waals surface area (Å²) in [6.45, 7) is 1.95. The van der Waals surface area contributed by atoms with Crippen molar-refractivity contribution in [1.82, 2.24) is 10.2 Å². The second-order valence-electron chi connectivity index (χ2n) is 3.59. The molecule has 0 fully saturated rings. The molecule has 0 aliphatic carbocycles. The van der Waals surface area contributed by atoms with Crippen LogP contribution in [0.4, 0.5) is 10.1 Å². The van der Waals surface area contributed by atoms with Crippen molar-refractivity contribution in [2.75, 3.05) is 12.3 Å². The molecule has 3 N–H and O–H groups in total. The fourth-order valence-corrected chi connectivity index (χ4v) is 1.54. The van der Waals surface area contributed by atoms with Crippen LogP contribution in [-0.4, -0.2) is 22.8 Å². The Morgan fingerprint density at radius 3 is 2.72 bits per heavy atom. The van der Waals surface area contributed by atoms with Crippen molar-refractivity contribution in [3.63, 3.8) is 0 Å². The molecule has 2 aromatic rings. The third-order valence-electron chi connectivity index (χ3n) is 2.40. The number of benzene rings is 1. The number of nitrogens with two attached hydrogens (primary N) is 1. The molecule has 0 atom stereocenters. The van der Waals surface area contributed by atoms with Gasteiger partial charge in [0.05, 0.1) is 12.3 Å². The maximum absolute atomic E-state index is 12.8. The highest BCUT2D eigenvalue weighted by Crippen LogP contribution is 2.26. The normalized spacial score (nSPS) is 10.3. The van der Waals surface area contributed by atoms with Crippen LogP contribution >= 0.6 is 0 Å². The highest BCUT2D eigenvalue weighted by atomic mass is 19.1. The van der Waals surface area contributed by atoms with Gasteiger partial charge in [-0.25, -0.2) is 9.18 Å². The number of aromatic amines is 1. The largest absolute Gasteiger partial charge is 0.461 e. The Morgan fingerprint density at radius 1 is 1.44 bits per heavy atom. The summed E-state index contributed by atoms with van der Waals surface area (Å²) in [7, 11) is 0. The number of nitrogens with zero attached hydrogens (tertiary/aromatic N) is 1. The SMILES string of the molecule is CCOC(=O)c1[nH]nc(-c2ccc(F)cc2)c1N. The average Bonchev–Trinajstić information content (AvgIpc) is 2.73. The molecule has 1 aromatic heterocycles. The summed E-state index contributed by atoms with van der Waals surface area (Å²) in [6.07, 6.45) is 0. The summed E-state index contributed by atoms with van der Waals surface area (Å²) in [5.41, 5.74) is 7.14. The number of hydrogen-bond donors (Lipinski definition) is 2. The lowest BCUT2D eigenvalue weighted by molar-refractivity contribution is 0.0520. The van der Waals surface area contributed by atoms with E-state index >= 15 is 0 Å². The molecule has 0 aliphatic heterocycles. The maximum Gasteiger partial charge on any atom is 0.358 e. The van der Waals surface area contributed by atoms with Gasteiger partial charge in [-0.1, -0.05) is 0 Å². The Balaban J connectivity index is 2.36. The van der Waals surface area contributed by atoms with Crippen LogP contribution in [-0.2, 0) is 4.74 Å². The zero-order valence-electron chi connectivity index (χ0n) is 9.74. The van der Waals surface area contributed by atoms with Crippen molar-refractivity contribution < 1.29 is 13.9 Å². The second-order valence-corrected chi connectivity index (χ2v) is 3.59. The lowest BCUT2D eigenvalue weighted by Gasteiger charge is -2.00. The topological polar surface area (TPSA) is 81.0 Å². The van der Waals surface area contributed by atoms with Gasteiger partial charge in [-0.2, -0.15) is 5.10 Å². The van der Waals surface area contributed by atoms with Crippen LogP contribution in [0.2, 0.25) is 0 Å². The number of ether oxygens (including phenoxy) is 1. The first-order chi connectivity index (χ1) is 8.63. The monoisotopic (exact) mass is 249 g/mol. The average molecular weight is 249 g/mol. The van der Waals surface area contributed by atoms with Gasteiger partial charge in [-0.3, -0.25) is 5.10 Å². The van der Waals surface area contributed by atoms with Gasteiger partial charge in [0.15, 0.2) is 5.69 Å². The Morgan fingerprint density at radius 2 is 2.11 bits per heavy atom. The van der Waals surface area contributed by atoms with Crippen LogP contribution in [0.1, 0.15) is 17.4 Å². The van der Waals surface area contributed by atoms with E-state index in [0.717, 1.165) is 0 Å². The first-order valence-electron chi connectivity index (χ1n) is 5.40. The number of aromatic nitrogens is 2. The molecule has 0 saturated heterocycles. The van der Waals surface area contributed by atoms with E-state index in [2.05, 4.69) is 10.2 Å². The highest BCUT2D eigenvalue weighted by Gasteiger charge is 2.18. The van der Waals surface area contributed by atoms with E-state index < -0.39 is 5.97 Å². The predicted molar refractivity (Wildman–Crippen MR) is 64.4 cm³/mol. The standard InChI is InChI=1S/C12H12FN3O2/c1-2-18-12(17)11-9(14)10(15-16-11)7-3-5-8(13)6-4-7/h3-6H,2,14H2,1H3,(H,15,16). The van der Waals surface area contributed by atoms with Crippen LogP contribution < -0.4 is 5.73 Å². The lowest BCUT2D eigenvalue weighted by Crippen LogP contribution is -2.07. The molecule has 0 bridgehead atoms. The van der Waals surface area contributed by atoms with E-state index in [1.807, 2.05) is 0 Å². The summed E-state index contributed by atoms with van der Waals surface area (Å²) in [6, 6.07) is 5.68. The van der Waals surface area contributed by atoms with Gasteiger partial charge in [-0.05, 0) is 31.2 Å². The Kier molecular flexibility index (Phi) is 3.27. The second kappa shape index (κ2) is 4.87. The molecule has 2 rings (SSSR count). The van der Waals surface area contributed by atoms with E-state index in [4.69, 9.17) is 10.5 Å². The number of nitrogens with one attached hydrogen (secondary N) is 1. The minimum Gasteiger partial charge on any atom is -0.461 e. The first-order valence-corrected chi connectivity index (χ1v) is 5.40. The van der Waals surface area contributed by atoms with Crippen molar-refractivity contribution >= 4 is 11.7 Å². The molecule has 18 heavy (non-hydrogen) atoms. The van der Waals surface area contributed by atoms with Crippen molar-refractivity contribution in [3.05, 3.63) is 35.8 Å². The molecule has 0 radical (unpaired) electrons. The zero-order chi connectivity index (χ0) is 13.1. The smallest absolute Gasteiger partial charge is 0.358 e. The van der Waals surface area contributed by atoms with Crippen molar-refractivity contribution in [1.29, 1.82) is 0 Å². The molecule has 0 unspecified atom stereocenters. The van der Waals surface area contributed by atoms with E-state index in [1.165, 1.54) is 24.3 Å². The molecule has 0 aliphatic rings. The minimum atomic E-state index is -0.559. The van der Waals surface area contributed by atoms with Gasteiger partial charge in [0, 0.05) is 5.56 Å². The van der Waals surface area contributed by atoms with E-state index in [0.29, 0.717) is 11.3 Å². The van der Waals surface area contributed by atoms with Crippen molar-refractivity contribution in [2.45, 2.75) is 6.92 Å². The number of hydrogen-bond acceptors (Lipinski definition) is 4. The molecular formula is C12H12FN3O2. The summed E-state index contributed by atoms with van der Waals surface area (Å²) < 4.78 is 17.6. The number of rotatable bonds is 3.